The maximum Gasteiger partial charge on any atom is 0.242 e. The summed E-state index contributed by atoms with van der Waals surface area (Å²) in [5, 5.41) is 16.2. The third-order valence-corrected chi connectivity index (χ3v) is 4.00. The highest BCUT2D eigenvalue weighted by Gasteiger charge is 2.28. The Hall–Kier alpha value is -1.55. The summed E-state index contributed by atoms with van der Waals surface area (Å²) in [6.45, 7) is 4.17. The molecule has 4 nitrogen and oxygen atoms in total. The van der Waals surface area contributed by atoms with E-state index in [1.807, 2.05) is 38.1 Å². The van der Waals surface area contributed by atoms with Crippen LogP contribution in [0.25, 0.3) is 0 Å². The predicted octanol–water partition coefficient (Wildman–Crippen LogP) is 1.69. The van der Waals surface area contributed by atoms with Crippen LogP contribution in [0.15, 0.2) is 24.3 Å². The summed E-state index contributed by atoms with van der Waals surface area (Å²) >= 11 is 0. The van der Waals surface area contributed by atoms with Crippen molar-refractivity contribution in [3.05, 3.63) is 29.8 Å². The Bertz CT molecular complexity index is 430. The molecule has 1 aliphatic rings. The molecule has 0 aliphatic carbocycles. The minimum Gasteiger partial charge on any atom is -0.388 e. The van der Waals surface area contributed by atoms with Crippen LogP contribution in [0.1, 0.15) is 32.3 Å². The summed E-state index contributed by atoms with van der Waals surface area (Å²) in [6.07, 6.45) is 1.99. The lowest BCUT2D eigenvalue weighted by atomic mass is 9.97. The van der Waals surface area contributed by atoms with Crippen LogP contribution in [0.5, 0.6) is 0 Å². The molecule has 0 aromatic heterocycles. The van der Waals surface area contributed by atoms with E-state index in [4.69, 9.17) is 0 Å². The molecular formula is C15H22N2O2. The lowest BCUT2D eigenvalue weighted by molar-refractivity contribution is -0.123. The fraction of sp³-hybridized carbons (Fsp3) is 0.533. The number of rotatable bonds is 5. The number of carbonyl (C=O) groups is 1. The van der Waals surface area contributed by atoms with Gasteiger partial charge in [0.05, 0.1) is 5.60 Å². The molecule has 0 radical (unpaired) electrons. The quantitative estimate of drug-likeness (QED) is 0.757. The van der Waals surface area contributed by atoms with Crippen LogP contribution in [-0.4, -0.2) is 29.2 Å². The highest BCUT2D eigenvalue weighted by Crippen LogP contribution is 2.25. The van der Waals surface area contributed by atoms with Crippen LogP contribution in [-0.2, 0) is 11.2 Å². The van der Waals surface area contributed by atoms with Crippen molar-refractivity contribution in [1.82, 2.24) is 5.32 Å². The minimum absolute atomic E-state index is 0.0449. The molecule has 0 bridgehead atoms. The summed E-state index contributed by atoms with van der Waals surface area (Å²) in [5.41, 5.74) is 1.41. The number of benzene rings is 1. The van der Waals surface area contributed by atoms with E-state index in [1.54, 1.807) is 0 Å². The molecule has 4 heteroatoms. The number of amides is 1. The molecule has 19 heavy (non-hydrogen) atoms. The molecule has 1 aromatic carbocycles. The van der Waals surface area contributed by atoms with Crippen molar-refractivity contribution in [2.45, 2.75) is 44.8 Å². The van der Waals surface area contributed by atoms with Gasteiger partial charge >= 0.3 is 0 Å². The van der Waals surface area contributed by atoms with E-state index in [9.17, 15) is 9.90 Å². The number of hydrogen-bond acceptors (Lipinski definition) is 3. The van der Waals surface area contributed by atoms with Gasteiger partial charge in [0.2, 0.25) is 5.91 Å². The van der Waals surface area contributed by atoms with Crippen LogP contribution in [0, 0.1) is 0 Å². The molecule has 0 spiro atoms. The van der Waals surface area contributed by atoms with Crippen molar-refractivity contribution in [3.8, 4) is 0 Å². The number of anilines is 1. The van der Waals surface area contributed by atoms with Gasteiger partial charge in [0, 0.05) is 18.7 Å². The lowest BCUT2D eigenvalue weighted by Crippen LogP contribution is -2.46. The van der Waals surface area contributed by atoms with Crippen molar-refractivity contribution in [1.29, 1.82) is 0 Å². The fourth-order valence-corrected chi connectivity index (χ4v) is 2.33. The third kappa shape index (κ3) is 3.07. The van der Waals surface area contributed by atoms with Crippen LogP contribution >= 0.6 is 0 Å². The topological polar surface area (TPSA) is 61.4 Å². The minimum atomic E-state index is -0.791. The zero-order valence-corrected chi connectivity index (χ0v) is 11.6. The van der Waals surface area contributed by atoms with E-state index in [-0.39, 0.29) is 11.9 Å². The van der Waals surface area contributed by atoms with Gasteiger partial charge in [-0.15, -0.1) is 0 Å². The number of para-hydroxylation sites is 1. The smallest absolute Gasteiger partial charge is 0.242 e. The van der Waals surface area contributed by atoms with E-state index in [0.717, 1.165) is 5.69 Å². The number of carbonyl (C=O) groups excluding carboxylic acids is 1. The number of hydrogen-bond donors (Lipinski definition) is 3. The highest BCUT2D eigenvalue weighted by molar-refractivity contribution is 5.87. The Balaban J connectivity index is 1.90. The fourth-order valence-electron chi connectivity index (χ4n) is 2.33. The third-order valence-electron chi connectivity index (χ3n) is 4.00. The zero-order chi connectivity index (χ0) is 13.9. The van der Waals surface area contributed by atoms with Gasteiger partial charge < -0.3 is 15.7 Å². The maximum atomic E-state index is 12.1. The lowest BCUT2D eigenvalue weighted by Gasteiger charge is -2.26. The van der Waals surface area contributed by atoms with Gasteiger partial charge in [-0.3, -0.25) is 4.79 Å². The van der Waals surface area contributed by atoms with Crippen LogP contribution in [0.4, 0.5) is 5.69 Å². The van der Waals surface area contributed by atoms with Crippen LogP contribution in [0.2, 0.25) is 0 Å². The average Bonchev–Trinajstić information content (AvgIpc) is 2.88. The molecule has 1 aliphatic heterocycles. The van der Waals surface area contributed by atoms with Gasteiger partial charge in [-0.2, -0.15) is 0 Å². The molecular weight excluding hydrogens is 240 g/mol. The maximum absolute atomic E-state index is 12.1. The highest BCUT2D eigenvalue weighted by atomic mass is 16.3. The second-order valence-corrected chi connectivity index (χ2v) is 5.21. The first-order valence-corrected chi connectivity index (χ1v) is 6.92. The zero-order valence-electron chi connectivity index (χ0n) is 11.6. The largest absolute Gasteiger partial charge is 0.388 e. The number of aliphatic hydroxyl groups is 1. The predicted molar refractivity (Wildman–Crippen MR) is 76.1 cm³/mol. The van der Waals surface area contributed by atoms with Gasteiger partial charge in [-0.1, -0.05) is 32.0 Å². The van der Waals surface area contributed by atoms with Gasteiger partial charge in [0.1, 0.15) is 6.04 Å². The van der Waals surface area contributed by atoms with E-state index < -0.39 is 5.60 Å². The summed E-state index contributed by atoms with van der Waals surface area (Å²) in [4.78, 5) is 12.1. The van der Waals surface area contributed by atoms with E-state index in [0.29, 0.717) is 25.8 Å². The van der Waals surface area contributed by atoms with Crippen molar-refractivity contribution in [2.24, 2.45) is 0 Å². The summed E-state index contributed by atoms with van der Waals surface area (Å²) in [7, 11) is 0. The van der Waals surface area contributed by atoms with Gasteiger partial charge in [-0.05, 0) is 24.5 Å². The second-order valence-electron chi connectivity index (χ2n) is 5.21. The van der Waals surface area contributed by atoms with Crippen LogP contribution < -0.4 is 10.6 Å². The standard InChI is InChI=1S/C15H22N2O2/c1-3-15(19,4-2)10-16-14(18)13-9-11-7-5-6-8-12(11)17-13/h5-8,13,17,19H,3-4,9-10H2,1-2H3,(H,16,18). The molecule has 1 aromatic rings. The normalized spacial score (nSPS) is 17.7. The Kier molecular flexibility index (Phi) is 4.10. The molecule has 1 unspecified atom stereocenters. The van der Waals surface area contributed by atoms with Crippen molar-refractivity contribution < 1.29 is 9.90 Å². The summed E-state index contributed by atoms with van der Waals surface area (Å²) < 4.78 is 0. The molecule has 2 rings (SSSR count). The molecule has 1 atom stereocenters. The summed E-state index contributed by atoms with van der Waals surface area (Å²) in [5.74, 6) is -0.0449. The summed E-state index contributed by atoms with van der Waals surface area (Å²) in [6, 6.07) is 7.73. The molecule has 0 saturated carbocycles. The Morgan fingerprint density at radius 1 is 1.42 bits per heavy atom. The molecule has 0 fully saturated rings. The Morgan fingerprint density at radius 2 is 2.11 bits per heavy atom. The molecule has 1 amide bonds. The monoisotopic (exact) mass is 262 g/mol. The number of nitrogens with one attached hydrogen (secondary N) is 2. The van der Waals surface area contributed by atoms with Gasteiger partial charge in [-0.25, -0.2) is 0 Å². The van der Waals surface area contributed by atoms with E-state index in [1.165, 1.54) is 5.56 Å². The van der Waals surface area contributed by atoms with Crippen molar-refractivity contribution in [3.63, 3.8) is 0 Å². The number of fused-ring (bicyclic) bond motifs is 1. The molecule has 3 N–H and O–H groups in total. The Labute approximate surface area is 114 Å². The second kappa shape index (κ2) is 5.61. The average molecular weight is 262 g/mol. The first-order valence-electron chi connectivity index (χ1n) is 6.92. The van der Waals surface area contributed by atoms with E-state index in [2.05, 4.69) is 10.6 Å². The van der Waals surface area contributed by atoms with Gasteiger partial charge in [0.25, 0.3) is 0 Å². The Morgan fingerprint density at radius 3 is 2.74 bits per heavy atom. The van der Waals surface area contributed by atoms with Crippen molar-refractivity contribution >= 4 is 11.6 Å². The van der Waals surface area contributed by atoms with Crippen molar-refractivity contribution in [2.75, 3.05) is 11.9 Å². The van der Waals surface area contributed by atoms with E-state index >= 15 is 0 Å². The molecule has 104 valence electrons. The van der Waals surface area contributed by atoms with Crippen LogP contribution in [0.3, 0.4) is 0 Å². The SMILES string of the molecule is CCC(O)(CC)CNC(=O)C1Cc2ccccc2N1. The van der Waals surface area contributed by atoms with Gasteiger partial charge in [0.15, 0.2) is 0 Å². The molecule has 1 heterocycles. The first kappa shape index (κ1) is 13.9. The molecule has 0 saturated heterocycles. The first-order chi connectivity index (χ1) is 9.08.